The molecule has 0 aromatic carbocycles. The average molecular weight is 334 g/mol. The van der Waals surface area contributed by atoms with Gasteiger partial charge in [0.1, 0.15) is 17.0 Å². The van der Waals surface area contributed by atoms with Gasteiger partial charge in [0.25, 0.3) is 0 Å². The van der Waals surface area contributed by atoms with E-state index in [9.17, 15) is 4.79 Å². The van der Waals surface area contributed by atoms with E-state index in [0.29, 0.717) is 23.4 Å². The second kappa shape index (κ2) is 5.98. The third-order valence-electron chi connectivity index (χ3n) is 3.12. The van der Waals surface area contributed by atoms with Gasteiger partial charge in [0.15, 0.2) is 5.13 Å². The molecule has 0 atom stereocenters. The first-order valence-corrected chi connectivity index (χ1v) is 8.40. The number of carbonyl (C=O) groups excluding carboxylic acids is 1. The molecule has 0 aliphatic rings. The predicted octanol–water partition coefficient (Wildman–Crippen LogP) is 3.68. The average Bonchev–Trinajstić information content (AvgIpc) is 3.04. The molecule has 3 aromatic heterocycles. The maximum atomic E-state index is 12.1. The number of aromatic nitrogens is 3. The first-order valence-electron chi connectivity index (χ1n) is 6.70. The van der Waals surface area contributed by atoms with Gasteiger partial charge in [0.05, 0.1) is 23.3 Å². The van der Waals surface area contributed by atoms with Crippen LogP contribution in [0.4, 0.5) is 10.9 Å². The first kappa shape index (κ1) is 14.9. The number of aryl methyl sites for hydroxylation is 2. The summed E-state index contributed by atoms with van der Waals surface area (Å²) in [6.45, 7) is 6.09. The molecule has 0 aliphatic carbocycles. The molecule has 0 saturated carbocycles. The first-order chi connectivity index (χ1) is 10.6. The third-order valence-corrected chi connectivity index (χ3v) is 4.99. The standard InChI is InChI=1S/C14H14N4O2S2/c1-4-20-13(19)9-5-21-12-10(9)11(15-6-16-12)18-14-17-7(2)8(3)22-14/h5-6H,4H2,1-3H3,(H,15,16,17,18). The van der Waals surface area contributed by atoms with Crippen LogP contribution in [0.5, 0.6) is 0 Å². The smallest absolute Gasteiger partial charge is 0.339 e. The molecule has 0 radical (unpaired) electrons. The van der Waals surface area contributed by atoms with Gasteiger partial charge in [0, 0.05) is 10.3 Å². The predicted molar refractivity (Wildman–Crippen MR) is 88.2 cm³/mol. The van der Waals surface area contributed by atoms with Crippen molar-refractivity contribution in [2.75, 3.05) is 11.9 Å². The summed E-state index contributed by atoms with van der Waals surface area (Å²) < 4.78 is 5.09. The lowest BCUT2D eigenvalue weighted by Crippen LogP contribution is -2.05. The molecule has 0 amide bonds. The highest BCUT2D eigenvalue weighted by atomic mass is 32.1. The van der Waals surface area contributed by atoms with Gasteiger partial charge in [-0.2, -0.15) is 0 Å². The van der Waals surface area contributed by atoms with E-state index < -0.39 is 0 Å². The van der Waals surface area contributed by atoms with Crippen molar-refractivity contribution in [1.82, 2.24) is 15.0 Å². The van der Waals surface area contributed by atoms with Crippen molar-refractivity contribution >= 4 is 49.8 Å². The van der Waals surface area contributed by atoms with Crippen molar-refractivity contribution < 1.29 is 9.53 Å². The molecule has 3 aromatic rings. The molecule has 0 fully saturated rings. The summed E-state index contributed by atoms with van der Waals surface area (Å²) in [6.07, 6.45) is 1.48. The maximum absolute atomic E-state index is 12.1. The monoisotopic (exact) mass is 334 g/mol. The number of hydrogen-bond donors (Lipinski definition) is 1. The Balaban J connectivity index is 2.05. The molecule has 0 aliphatic heterocycles. The quantitative estimate of drug-likeness (QED) is 0.733. The Morgan fingerprint density at radius 3 is 2.86 bits per heavy atom. The minimum Gasteiger partial charge on any atom is -0.462 e. The fourth-order valence-corrected chi connectivity index (χ4v) is 3.65. The summed E-state index contributed by atoms with van der Waals surface area (Å²) in [4.78, 5) is 26.9. The lowest BCUT2D eigenvalue weighted by atomic mass is 10.2. The number of fused-ring (bicyclic) bond motifs is 1. The second-order valence-corrected chi connectivity index (χ2v) is 6.62. The van der Waals surface area contributed by atoms with Gasteiger partial charge in [-0.1, -0.05) is 0 Å². The zero-order valence-corrected chi connectivity index (χ0v) is 14.0. The third kappa shape index (κ3) is 2.67. The van der Waals surface area contributed by atoms with E-state index in [1.54, 1.807) is 23.6 Å². The van der Waals surface area contributed by atoms with E-state index in [0.717, 1.165) is 20.5 Å². The number of carbonyl (C=O) groups is 1. The normalized spacial score (nSPS) is 10.9. The van der Waals surface area contributed by atoms with E-state index in [-0.39, 0.29) is 5.97 Å². The van der Waals surface area contributed by atoms with E-state index in [1.165, 1.54) is 17.7 Å². The highest BCUT2D eigenvalue weighted by Gasteiger charge is 2.19. The van der Waals surface area contributed by atoms with Crippen LogP contribution in [-0.2, 0) is 4.74 Å². The number of thiophene rings is 1. The molecule has 22 heavy (non-hydrogen) atoms. The van der Waals surface area contributed by atoms with Crippen molar-refractivity contribution in [2.24, 2.45) is 0 Å². The van der Waals surface area contributed by atoms with E-state index in [4.69, 9.17) is 4.74 Å². The summed E-state index contributed by atoms with van der Waals surface area (Å²) >= 11 is 2.94. The maximum Gasteiger partial charge on any atom is 0.339 e. The minimum atomic E-state index is -0.363. The molecule has 0 saturated heterocycles. The summed E-state index contributed by atoms with van der Waals surface area (Å²) in [5.41, 5.74) is 1.46. The summed E-state index contributed by atoms with van der Waals surface area (Å²) in [5, 5.41) is 6.36. The van der Waals surface area contributed by atoms with Crippen LogP contribution in [0.3, 0.4) is 0 Å². The van der Waals surface area contributed by atoms with E-state index in [2.05, 4.69) is 20.3 Å². The largest absolute Gasteiger partial charge is 0.462 e. The van der Waals surface area contributed by atoms with Crippen molar-refractivity contribution in [3.63, 3.8) is 0 Å². The van der Waals surface area contributed by atoms with E-state index >= 15 is 0 Å². The molecule has 6 nitrogen and oxygen atoms in total. The number of nitrogens with one attached hydrogen (secondary N) is 1. The van der Waals surface area contributed by atoms with Crippen LogP contribution in [0.1, 0.15) is 27.9 Å². The van der Waals surface area contributed by atoms with Crippen molar-refractivity contribution in [3.8, 4) is 0 Å². The van der Waals surface area contributed by atoms with Crippen LogP contribution in [0.15, 0.2) is 11.7 Å². The van der Waals surface area contributed by atoms with Gasteiger partial charge in [-0.25, -0.2) is 19.7 Å². The topological polar surface area (TPSA) is 77.0 Å². The number of ether oxygens (including phenoxy) is 1. The van der Waals surface area contributed by atoms with Crippen LogP contribution in [0, 0.1) is 13.8 Å². The van der Waals surface area contributed by atoms with Gasteiger partial charge in [-0.15, -0.1) is 22.7 Å². The molecule has 8 heteroatoms. The Labute approximate surface area is 135 Å². The number of hydrogen-bond acceptors (Lipinski definition) is 8. The van der Waals surface area contributed by atoms with E-state index in [1.807, 2.05) is 13.8 Å². The number of thiazole rings is 1. The van der Waals surface area contributed by atoms with Crippen LogP contribution >= 0.6 is 22.7 Å². The number of rotatable bonds is 4. The Kier molecular flexibility index (Phi) is 4.04. The molecular weight excluding hydrogens is 320 g/mol. The fraction of sp³-hybridized carbons (Fsp3) is 0.286. The number of anilines is 2. The molecule has 0 spiro atoms. The highest BCUT2D eigenvalue weighted by Crippen LogP contribution is 2.32. The Morgan fingerprint density at radius 1 is 1.36 bits per heavy atom. The zero-order valence-electron chi connectivity index (χ0n) is 12.3. The van der Waals surface area contributed by atoms with Gasteiger partial charge in [-0.3, -0.25) is 0 Å². The molecule has 3 rings (SSSR count). The van der Waals surface area contributed by atoms with Gasteiger partial charge >= 0.3 is 5.97 Å². The molecular formula is C14H14N4O2S2. The molecule has 1 N–H and O–H groups in total. The number of esters is 1. The summed E-state index contributed by atoms with van der Waals surface area (Å²) in [6, 6.07) is 0. The minimum absolute atomic E-state index is 0.331. The Morgan fingerprint density at radius 2 is 2.18 bits per heavy atom. The van der Waals surface area contributed by atoms with Gasteiger partial charge in [0.2, 0.25) is 0 Å². The second-order valence-electron chi connectivity index (χ2n) is 4.56. The van der Waals surface area contributed by atoms with Gasteiger partial charge in [-0.05, 0) is 20.8 Å². The zero-order chi connectivity index (χ0) is 15.7. The van der Waals surface area contributed by atoms with Crippen LogP contribution in [0.25, 0.3) is 10.2 Å². The lowest BCUT2D eigenvalue weighted by Gasteiger charge is -2.05. The van der Waals surface area contributed by atoms with Crippen molar-refractivity contribution in [3.05, 3.63) is 27.8 Å². The fourth-order valence-electron chi connectivity index (χ4n) is 1.96. The SMILES string of the molecule is CCOC(=O)c1csc2ncnc(Nc3nc(C)c(C)s3)c12. The molecule has 3 heterocycles. The molecule has 0 bridgehead atoms. The molecule has 0 unspecified atom stereocenters. The lowest BCUT2D eigenvalue weighted by molar-refractivity contribution is 0.0529. The highest BCUT2D eigenvalue weighted by molar-refractivity contribution is 7.17. The summed E-state index contributed by atoms with van der Waals surface area (Å²) in [5.74, 6) is 0.209. The Bertz CT molecular complexity index is 821. The van der Waals surface area contributed by atoms with Crippen LogP contribution < -0.4 is 5.32 Å². The number of nitrogens with zero attached hydrogens (tertiary/aromatic N) is 3. The molecule has 114 valence electrons. The van der Waals surface area contributed by atoms with Crippen molar-refractivity contribution in [2.45, 2.75) is 20.8 Å². The van der Waals surface area contributed by atoms with Crippen LogP contribution in [0.2, 0.25) is 0 Å². The van der Waals surface area contributed by atoms with Gasteiger partial charge < -0.3 is 10.1 Å². The summed E-state index contributed by atoms with van der Waals surface area (Å²) in [7, 11) is 0. The Hall–Kier alpha value is -2.06. The van der Waals surface area contributed by atoms with Crippen LogP contribution in [-0.4, -0.2) is 27.5 Å². The van der Waals surface area contributed by atoms with Crippen molar-refractivity contribution in [1.29, 1.82) is 0 Å².